The standard InChI is InChI=1S/C41H46ClN5O5/c1-45-24-34(31-5-3-4-6-32(31)41(45)51)29-22-35(42)33(37(23-29)52-2)21-26-13-17-46(18-14-26)25-39(49)47-19-15-28(16-20-47)27-7-9-30(10-8-27)43-36-11-12-38(48)44-40(36)50/h3-10,22-24,26,28,36,43H,11-21,25H2,1-2H3,(H,44,48,50). The molecule has 3 saturated heterocycles. The largest absolute Gasteiger partial charge is 0.496 e. The van der Waals surface area contributed by atoms with E-state index in [-0.39, 0.29) is 23.3 Å². The summed E-state index contributed by atoms with van der Waals surface area (Å²) in [5.41, 5.74) is 4.92. The molecule has 2 N–H and O–H groups in total. The number of methoxy groups -OCH3 is 1. The maximum atomic E-state index is 13.3. The first-order chi connectivity index (χ1) is 25.2. The summed E-state index contributed by atoms with van der Waals surface area (Å²) < 4.78 is 7.48. The lowest BCUT2D eigenvalue weighted by Crippen LogP contribution is -2.47. The highest BCUT2D eigenvalue weighted by molar-refractivity contribution is 6.32. The molecule has 1 unspecified atom stereocenters. The smallest absolute Gasteiger partial charge is 0.258 e. The average molecular weight is 724 g/mol. The number of halogens is 1. The highest BCUT2D eigenvalue weighted by atomic mass is 35.5. The Kier molecular flexibility index (Phi) is 10.7. The van der Waals surface area contributed by atoms with Crippen molar-refractivity contribution < 1.29 is 19.1 Å². The zero-order chi connectivity index (χ0) is 36.4. The molecule has 272 valence electrons. The van der Waals surface area contributed by atoms with Gasteiger partial charge in [-0.15, -0.1) is 0 Å². The van der Waals surface area contributed by atoms with Crippen molar-refractivity contribution in [1.29, 1.82) is 0 Å². The molecule has 52 heavy (non-hydrogen) atoms. The third-order valence-corrected chi connectivity index (χ3v) is 11.5. The third kappa shape index (κ3) is 7.73. The minimum absolute atomic E-state index is 0.0334. The summed E-state index contributed by atoms with van der Waals surface area (Å²) in [5.74, 6) is 1.28. The van der Waals surface area contributed by atoms with E-state index < -0.39 is 6.04 Å². The molecule has 4 heterocycles. The number of nitrogens with zero attached hydrogens (tertiary/aromatic N) is 3. The number of piperidine rings is 3. The van der Waals surface area contributed by atoms with Gasteiger partial charge in [-0.1, -0.05) is 41.9 Å². The Morgan fingerprint density at radius 2 is 1.63 bits per heavy atom. The second-order valence-corrected chi connectivity index (χ2v) is 14.9. The maximum Gasteiger partial charge on any atom is 0.258 e. The van der Waals surface area contributed by atoms with E-state index >= 15 is 0 Å². The fraction of sp³-hybridized carbons (Fsp3) is 0.415. The number of ether oxygens (including phenoxy) is 1. The van der Waals surface area contributed by atoms with Crippen LogP contribution in [0.1, 0.15) is 55.6 Å². The van der Waals surface area contributed by atoms with Gasteiger partial charge in [-0.05, 0) is 110 Å². The second-order valence-electron chi connectivity index (χ2n) is 14.5. The number of pyridine rings is 1. The molecule has 0 bridgehead atoms. The van der Waals surface area contributed by atoms with Crippen LogP contribution in [-0.2, 0) is 27.9 Å². The molecule has 0 radical (unpaired) electrons. The highest BCUT2D eigenvalue weighted by Gasteiger charge is 2.29. The number of hydrogen-bond acceptors (Lipinski definition) is 7. The molecular weight excluding hydrogens is 678 g/mol. The van der Waals surface area contributed by atoms with Gasteiger partial charge in [0, 0.05) is 60.0 Å². The van der Waals surface area contributed by atoms with Crippen LogP contribution in [0, 0.1) is 5.92 Å². The van der Waals surface area contributed by atoms with Gasteiger partial charge in [-0.2, -0.15) is 0 Å². The van der Waals surface area contributed by atoms with Crippen molar-refractivity contribution in [3.05, 3.63) is 93.4 Å². The van der Waals surface area contributed by atoms with Crippen molar-refractivity contribution in [3.63, 3.8) is 0 Å². The number of rotatable bonds is 9. The number of likely N-dealkylation sites (tertiary alicyclic amines) is 2. The van der Waals surface area contributed by atoms with Crippen LogP contribution in [0.25, 0.3) is 21.9 Å². The van der Waals surface area contributed by atoms with Crippen LogP contribution in [0.5, 0.6) is 5.75 Å². The first-order valence-electron chi connectivity index (χ1n) is 18.3. The van der Waals surface area contributed by atoms with Gasteiger partial charge in [0.05, 0.1) is 13.7 Å². The van der Waals surface area contributed by atoms with E-state index in [1.165, 1.54) is 5.56 Å². The number of fused-ring (bicyclic) bond motifs is 1. The predicted octanol–water partition coefficient (Wildman–Crippen LogP) is 5.75. The Morgan fingerprint density at radius 1 is 0.923 bits per heavy atom. The van der Waals surface area contributed by atoms with Crippen LogP contribution in [0.3, 0.4) is 0 Å². The fourth-order valence-electron chi connectivity index (χ4n) is 8.07. The van der Waals surface area contributed by atoms with Crippen LogP contribution >= 0.6 is 11.6 Å². The molecule has 3 aromatic carbocycles. The molecule has 3 fully saturated rings. The summed E-state index contributed by atoms with van der Waals surface area (Å²) in [6, 6.07) is 19.5. The molecule has 1 aromatic heterocycles. The number of nitrogens with one attached hydrogen (secondary N) is 2. The zero-order valence-electron chi connectivity index (χ0n) is 29.8. The number of anilines is 1. The van der Waals surface area contributed by atoms with Crippen LogP contribution in [0.4, 0.5) is 5.69 Å². The number of imide groups is 1. The van der Waals surface area contributed by atoms with Gasteiger partial charge in [0.2, 0.25) is 17.7 Å². The van der Waals surface area contributed by atoms with Gasteiger partial charge in [0.25, 0.3) is 5.56 Å². The van der Waals surface area contributed by atoms with E-state index in [2.05, 4.69) is 27.7 Å². The highest BCUT2D eigenvalue weighted by Crippen LogP contribution is 2.38. The third-order valence-electron chi connectivity index (χ3n) is 11.1. The Balaban J connectivity index is 0.893. The summed E-state index contributed by atoms with van der Waals surface area (Å²) in [4.78, 5) is 53.9. The van der Waals surface area contributed by atoms with Crippen molar-refractivity contribution >= 4 is 45.8 Å². The Hall–Kier alpha value is -4.67. The topological polar surface area (TPSA) is 113 Å². The molecule has 10 nitrogen and oxygen atoms in total. The molecule has 0 spiro atoms. The van der Waals surface area contributed by atoms with Gasteiger partial charge in [-0.25, -0.2) is 0 Å². The summed E-state index contributed by atoms with van der Waals surface area (Å²) in [5, 5.41) is 7.84. The minimum atomic E-state index is -0.398. The quantitative estimate of drug-likeness (QED) is 0.212. The first kappa shape index (κ1) is 35.7. The fourth-order valence-corrected chi connectivity index (χ4v) is 8.36. The summed E-state index contributed by atoms with van der Waals surface area (Å²) >= 11 is 6.95. The van der Waals surface area contributed by atoms with Crippen LogP contribution in [0.2, 0.25) is 5.02 Å². The van der Waals surface area contributed by atoms with Crippen LogP contribution < -0.4 is 20.9 Å². The molecule has 3 aliphatic heterocycles. The van der Waals surface area contributed by atoms with Gasteiger partial charge in [-0.3, -0.25) is 29.4 Å². The summed E-state index contributed by atoms with van der Waals surface area (Å²) in [7, 11) is 3.44. The Bertz CT molecular complexity index is 2030. The molecule has 1 atom stereocenters. The van der Waals surface area contributed by atoms with E-state index in [4.69, 9.17) is 16.3 Å². The van der Waals surface area contributed by atoms with Gasteiger partial charge in [0.1, 0.15) is 11.8 Å². The van der Waals surface area contributed by atoms with Crippen molar-refractivity contribution in [2.24, 2.45) is 13.0 Å². The normalized spacial score (nSPS) is 19.1. The number of benzene rings is 3. The monoisotopic (exact) mass is 723 g/mol. The van der Waals surface area contributed by atoms with Crippen molar-refractivity contribution in [3.8, 4) is 16.9 Å². The number of carbonyl (C=O) groups is 3. The summed E-state index contributed by atoms with van der Waals surface area (Å²) in [6.45, 7) is 3.69. The Labute approximate surface area is 309 Å². The summed E-state index contributed by atoms with van der Waals surface area (Å²) in [6.07, 6.45) is 7.32. The molecule has 0 aliphatic carbocycles. The number of hydrogen-bond donors (Lipinski definition) is 2. The average Bonchev–Trinajstić information content (AvgIpc) is 3.16. The van der Waals surface area contributed by atoms with Gasteiger partial charge >= 0.3 is 0 Å². The SMILES string of the molecule is COc1cc(-c2cn(C)c(=O)c3ccccc23)cc(Cl)c1CC1CCN(CC(=O)N2CCC(c3ccc(NC4CCC(=O)NC4=O)cc3)CC2)CC1. The lowest BCUT2D eigenvalue weighted by molar-refractivity contribution is -0.134. The molecular formula is C41H46ClN5O5. The minimum Gasteiger partial charge on any atom is -0.496 e. The van der Waals surface area contributed by atoms with Crippen LogP contribution in [-0.4, -0.2) is 78.0 Å². The van der Waals surface area contributed by atoms with Crippen molar-refractivity contribution in [2.45, 2.75) is 56.9 Å². The zero-order valence-corrected chi connectivity index (χ0v) is 30.6. The van der Waals surface area contributed by atoms with Crippen molar-refractivity contribution in [2.75, 3.05) is 45.2 Å². The predicted molar refractivity (Wildman–Crippen MR) is 204 cm³/mol. The van der Waals surface area contributed by atoms with Crippen LogP contribution in [0.15, 0.2) is 71.7 Å². The van der Waals surface area contributed by atoms with Gasteiger partial charge < -0.3 is 19.5 Å². The van der Waals surface area contributed by atoms with E-state index in [0.29, 0.717) is 41.6 Å². The molecule has 11 heteroatoms. The molecule has 3 amide bonds. The van der Waals surface area contributed by atoms with E-state index in [1.54, 1.807) is 18.7 Å². The number of aromatic nitrogens is 1. The molecule has 0 saturated carbocycles. The van der Waals surface area contributed by atoms with E-state index in [9.17, 15) is 19.2 Å². The Morgan fingerprint density at radius 3 is 2.33 bits per heavy atom. The molecule has 3 aliphatic rings. The number of aryl methyl sites for hydroxylation is 1. The molecule has 4 aromatic rings. The lowest BCUT2D eigenvalue weighted by Gasteiger charge is -2.36. The van der Waals surface area contributed by atoms with Gasteiger partial charge in [0.15, 0.2) is 0 Å². The number of carbonyl (C=O) groups excluding carboxylic acids is 3. The first-order valence-corrected chi connectivity index (χ1v) is 18.7. The second kappa shape index (κ2) is 15.5. The lowest BCUT2D eigenvalue weighted by atomic mass is 9.88. The van der Waals surface area contributed by atoms with E-state index in [0.717, 1.165) is 91.8 Å². The van der Waals surface area contributed by atoms with E-state index in [1.807, 2.05) is 59.6 Å². The molecule has 7 rings (SSSR count). The number of amides is 3. The van der Waals surface area contributed by atoms with Crippen molar-refractivity contribution in [1.82, 2.24) is 19.7 Å². The maximum absolute atomic E-state index is 13.3.